The smallest absolute Gasteiger partial charge is 0.418 e. The lowest BCUT2D eigenvalue weighted by Crippen LogP contribution is -2.26. The number of carbonyl (C=O) groups excluding carboxylic acids is 1. The second-order valence-electron chi connectivity index (χ2n) is 9.25. The highest BCUT2D eigenvalue weighted by Crippen LogP contribution is 2.48. The minimum atomic E-state index is -4.71. The summed E-state index contributed by atoms with van der Waals surface area (Å²) in [6.45, 7) is -0.390. The predicted molar refractivity (Wildman–Crippen MR) is 138 cm³/mol. The van der Waals surface area contributed by atoms with Crippen LogP contribution in [0.1, 0.15) is 45.8 Å². The molecule has 3 aromatic carbocycles. The number of nitrogens with one attached hydrogen (secondary N) is 1. The summed E-state index contributed by atoms with van der Waals surface area (Å²) in [6, 6.07) is 11.8. The van der Waals surface area contributed by atoms with Gasteiger partial charge >= 0.3 is 6.18 Å². The SMILES string of the molecule is CNC(=O)c1c(-c2ccc(F)cc2)oc2cc(N(Cc3ccc(N)c(C(F)(F)F)c3)S(=O)[O-])c(C3CC3)cc12. The first-order valence-electron chi connectivity index (χ1n) is 11.9. The van der Waals surface area contributed by atoms with E-state index in [1.807, 2.05) is 0 Å². The van der Waals surface area contributed by atoms with Gasteiger partial charge in [0.2, 0.25) is 0 Å². The molecule has 0 spiro atoms. The van der Waals surface area contributed by atoms with E-state index in [4.69, 9.17) is 10.2 Å². The average Bonchev–Trinajstić information content (AvgIpc) is 3.67. The third-order valence-electron chi connectivity index (χ3n) is 6.61. The van der Waals surface area contributed by atoms with Crippen molar-refractivity contribution in [3.8, 4) is 11.3 Å². The molecule has 39 heavy (non-hydrogen) atoms. The molecule has 12 heteroatoms. The molecule has 0 bridgehead atoms. The van der Waals surface area contributed by atoms with E-state index in [0.717, 1.165) is 29.3 Å². The van der Waals surface area contributed by atoms with Gasteiger partial charge in [0.25, 0.3) is 5.91 Å². The first kappa shape index (κ1) is 26.7. The van der Waals surface area contributed by atoms with Crippen molar-refractivity contribution in [2.75, 3.05) is 17.1 Å². The molecule has 1 aromatic heterocycles. The first-order chi connectivity index (χ1) is 18.5. The quantitative estimate of drug-likeness (QED) is 0.167. The molecule has 1 aliphatic carbocycles. The fraction of sp³-hybridized carbons (Fsp3) is 0.222. The highest BCUT2D eigenvalue weighted by Gasteiger charge is 2.34. The molecule has 3 N–H and O–H groups in total. The Morgan fingerprint density at radius 3 is 2.44 bits per heavy atom. The molecule has 0 aliphatic heterocycles. The van der Waals surface area contributed by atoms with Gasteiger partial charge in [-0.25, -0.2) is 4.39 Å². The Kier molecular flexibility index (Phi) is 6.85. The topological polar surface area (TPSA) is 112 Å². The van der Waals surface area contributed by atoms with Crippen molar-refractivity contribution in [3.63, 3.8) is 0 Å². The van der Waals surface area contributed by atoms with Gasteiger partial charge in [0, 0.05) is 41.0 Å². The molecule has 5 rings (SSSR count). The summed E-state index contributed by atoms with van der Waals surface area (Å²) in [7, 11) is 1.45. The van der Waals surface area contributed by atoms with Crippen LogP contribution in [0.3, 0.4) is 0 Å². The maximum atomic E-state index is 13.5. The van der Waals surface area contributed by atoms with Crippen molar-refractivity contribution in [1.82, 2.24) is 5.32 Å². The molecule has 7 nitrogen and oxygen atoms in total. The molecule has 1 atom stereocenters. The largest absolute Gasteiger partial charge is 0.755 e. The summed E-state index contributed by atoms with van der Waals surface area (Å²) >= 11 is -2.87. The molecule has 1 saturated carbocycles. The number of fused-ring (bicyclic) bond motifs is 1. The molecule has 204 valence electrons. The van der Waals surface area contributed by atoms with Crippen LogP contribution in [0.2, 0.25) is 0 Å². The van der Waals surface area contributed by atoms with Crippen LogP contribution in [0, 0.1) is 5.82 Å². The number of furan rings is 1. The van der Waals surface area contributed by atoms with Crippen LogP contribution in [0.15, 0.2) is 59.0 Å². The fourth-order valence-electron chi connectivity index (χ4n) is 4.57. The van der Waals surface area contributed by atoms with Crippen LogP contribution in [0.4, 0.5) is 28.9 Å². The average molecular weight is 561 g/mol. The Bertz CT molecular complexity index is 1600. The van der Waals surface area contributed by atoms with E-state index >= 15 is 0 Å². The lowest BCUT2D eigenvalue weighted by atomic mass is 10.00. The van der Waals surface area contributed by atoms with Crippen molar-refractivity contribution in [1.29, 1.82) is 0 Å². The Balaban J connectivity index is 1.66. The number of hydrogen-bond acceptors (Lipinski definition) is 5. The van der Waals surface area contributed by atoms with E-state index in [2.05, 4.69) is 5.32 Å². The van der Waals surface area contributed by atoms with Gasteiger partial charge in [-0.3, -0.25) is 13.3 Å². The number of rotatable bonds is 7. The normalized spacial score (nSPS) is 14.4. The van der Waals surface area contributed by atoms with Crippen LogP contribution in [-0.4, -0.2) is 21.7 Å². The van der Waals surface area contributed by atoms with Gasteiger partial charge < -0.3 is 20.0 Å². The number of nitrogens with two attached hydrogens (primary N) is 1. The second kappa shape index (κ2) is 10.0. The number of alkyl halides is 3. The summed E-state index contributed by atoms with van der Waals surface area (Å²) in [6.07, 6.45) is -3.16. The number of hydrogen-bond donors (Lipinski definition) is 2. The van der Waals surface area contributed by atoms with Crippen LogP contribution < -0.4 is 15.4 Å². The first-order valence-corrected chi connectivity index (χ1v) is 12.9. The summed E-state index contributed by atoms with van der Waals surface area (Å²) in [4.78, 5) is 12.9. The molecule has 1 heterocycles. The lowest BCUT2D eigenvalue weighted by Gasteiger charge is -2.29. The Morgan fingerprint density at radius 2 is 1.85 bits per heavy atom. The van der Waals surface area contributed by atoms with Crippen molar-refractivity contribution in [2.24, 2.45) is 0 Å². The number of amides is 1. The van der Waals surface area contributed by atoms with E-state index in [1.54, 1.807) is 6.07 Å². The number of anilines is 2. The fourth-order valence-corrected chi connectivity index (χ4v) is 5.15. The molecule has 1 amide bonds. The molecular formula is C27H22F4N3O4S-. The molecule has 1 fully saturated rings. The highest BCUT2D eigenvalue weighted by molar-refractivity contribution is 7.80. The highest BCUT2D eigenvalue weighted by atomic mass is 32.2. The van der Waals surface area contributed by atoms with Crippen LogP contribution in [0.25, 0.3) is 22.3 Å². The van der Waals surface area contributed by atoms with Gasteiger partial charge in [-0.2, -0.15) is 13.2 Å². The minimum absolute atomic E-state index is 0.00527. The maximum absolute atomic E-state index is 13.5. The Morgan fingerprint density at radius 1 is 1.15 bits per heavy atom. The monoisotopic (exact) mass is 560 g/mol. The number of nitrogens with zero attached hydrogens (tertiary/aromatic N) is 1. The van der Waals surface area contributed by atoms with Gasteiger partial charge in [0.15, 0.2) is 0 Å². The van der Waals surface area contributed by atoms with E-state index < -0.39 is 47.0 Å². The third kappa shape index (κ3) is 5.21. The summed E-state index contributed by atoms with van der Waals surface area (Å²) in [5.41, 5.74) is 5.74. The Labute approximate surface area is 223 Å². The number of carbonyl (C=O) groups is 1. The molecule has 0 saturated heterocycles. The number of nitrogen functional groups attached to an aromatic ring is 1. The summed E-state index contributed by atoms with van der Waals surface area (Å²) in [5.74, 6) is -0.756. The molecular weight excluding hydrogens is 538 g/mol. The number of halogens is 4. The maximum Gasteiger partial charge on any atom is 0.418 e. The van der Waals surface area contributed by atoms with Crippen molar-refractivity contribution < 1.29 is 35.5 Å². The van der Waals surface area contributed by atoms with Crippen molar-refractivity contribution >= 4 is 39.5 Å². The molecule has 0 radical (unpaired) electrons. The van der Waals surface area contributed by atoms with Gasteiger partial charge in [-0.1, -0.05) is 6.07 Å². The second-order valence-corrected chi connectivity index (χ2v) is 10.1. The van der Waals surface area contributed by atoms with Gasteiger partial charge in [-0.15, -0.1) is 0 Å². The Hall–Kier alpha value is -3.90. The van der Waals surface area contributed by atoms with Gasteiger partial charge in [-0.05, 0) is 72.4 Å². The predicted octanol–water partition coefficient (Wildman–Crippen LogP) is 5.88. The summed E-state index contributed by atoms with van der Waals surface area (Å²) < 4.78 is 85.6. The van der Waals surface area contributed by atoms with E-state index in [-0.39, 0.29) is 34.1 Å². The van der Waals surface area contributed by atoms with E-state index in [0.29, 0.717) is 16.5 Å². The zero-order valence-corrected chi connectivity index (χ0v) is 21.3. The molecule has 1 unspecified atom stereocenters. The lowest BCUT2D eigenvalue weighted by molar-refractivity contribution is -0.136. The summed E-state index contributed by atoms with van der Waals surface area (Å²) in [5, 5.41) is 3.00. The molecule has 1 aliphatic rings. The molecule has 4 aromatic rings. The van der Waals surface area contributed by atoms with Crippen LogP contribution >= 0.6 is 0 Å². The standard InChI is InChI=1S/C27H23F4N3O4S/c1-33-26(35)24-19-11-18(15-3-4-15)22(12-23(19)38-25(24)16-5-7-17(28)8-6-16)34(39(36)37)13-14-2-9-21(32)20(10-14)27(29,30)31/h2,5-12,15H,3-4,13,32H2,1H3,(H,33,35)(H,36,37)/p-1. The van der Waals surface area contributed by atoms with E-state index in [9.17, 15) is 31.1 Å². The van der Waals surface area contributed by atoms with Gasteiger partial charge in [0.05, 0.1) is 23.4 Å². The van der Waals surface area contributed by atoms with Crippen LogP contribution in [-0.2, 0) is 24.0 Å². The zero-order chi connectivity index (χ0) is 28.1. The van der Waals surface area contributed by atoms with Gasteiger partial charge in [0.1, 0.15) is 17.2 Å². The van der Waals surface area contributed by atoms with Crippen molar-refractivity contribution in [2.45, 2.75) is 31.5 Å². The number of benzene rings is 3. The minimum Gasteiger partial charge on any atom is -0.755 e. The van der Waals surface area contributed by atoms with Crippen LogP contribution in [0.5, 0.6) is 0 Å². The van der Waals surface area contributed by atoms with Crippen molar-refractivity contribution in [3.05, 3.63) is 82.7 Å². The zero-order valence-electron chi connectivity index (χ0n) is 20.5. The van der Waals surface area contributed by atoms with E-state index in [1.165, 1.54) is 43.4 Å². The third-order valence-corrected chi connectivity index (χ3v) is 7.30.